The van der Waals surface area contributed by atoms with E-state index in [0.29, 0.717) is 12.0 Å². The minimum atomic E-state index is -0.224. The first-order valence-electron chi connectivity index (χ1n) is 9.49. The Balaban J connectivity index is 1.69. The first kappa shape index (κ1) is 14.4. The molecule has 0 unspecified atom stereocenters. The van der Waals surface area contributed by atoms with E-state index in [-0.39, 0.29) is 28.3 Å². The number of carbonyl (C=O) groups is 1. The van der Waals surface area contributed by atoms with Gasteiger partial charge in [-0.15, -0.1) is 0 Å². The Morgan fingerprint density at radius 3 is 3.04 bits per heavy atom. The van der Waals surface area contributed by atoms with Crippen LogP contribution in [0.25, 0.3) is 0 Å². The van der Waals surface area contributed by atoms with Crippen LogP contribution in [-0.4, -0.2) is 42.6 Å². The van der Waals surface area contributed by atoms with Crippen LogP contribution in [0.15, 0.2) is 36.4 Å². The molecule has 0 radical (unpaired) electrons. The van der Waals surface area contributed by atoms with E-state index in [9.17, 15) is 4.79 Å². The van der Waals surface area contributed by atoms with E-state index >= 15 is 0 Å². The van der Waals surface area contributed by atoms with Gasteiger partial charge in [0.25, 0.3) is 0 Å². The van der Waals surface area contributed by atoms with Gasteiger partial charge in [0.05, 0.1) is 18.6 Å². The molecule has 4 nitrogen and oxygen atoms in total. The van der Waals surface area contributed by atoms with Crippen LogP contribution >= 0.6 is 0 Å². The third-order valence-corrected chi connectivity index (χ3v) is 8.47. The minimum absolute atomic E-state index is 0.0187. The number of ether oxygens (including phenoxy) is 1. The van der Waals surface area contributed by atoms with Crippen LogP contribution in [0.4, 0.5) is 5.69 Å². The van der Waals surface area contributed by atoms with Gasteiger partial charge >= 0.3 is 5.97 Å². The van der Waals surface area contributed by atoms with Crippen molar-refractivity contribution >= 4 is 11.7 Å². The first-order valence-corrected chi connectivity index (χ1v) is 9.49. The molecule has 3 fully saturated rings. The highest BCUT2D eigenvalue weighted by atomic mass is 16.5. The predicted octanol–water partition coefficient (Wildman–Crippen LogP) is 2.56. The summed E-state index contributed by atoms with van der Waals surface area (Å²) in [6.07, 6.45) is 6.83. The zero-order valence-corrected chi connectivity index (χ0v) is 14.8. The molecule has 0 amide bonds. The molecule has 5 aliphatic rings. The van der Waals surface area contributed by atoms with Crippen LogP contribution in [-0.2, 0) is 14.9 Å². The third-order valence-electron chi connectivity index (χ3n) is 8.47. The molecule has 2 bridgehead atoms. The molecule has 25 heavy (non-hydrogen) atoms. The largest absolute Gasteiger partial charge is 0.469 e. The summed E-state index contributed by atoms with van der Waals surface area (Å²) < 4.78 is 5.30. The molecule has 1 aromatic carbocycles. The van der Waals surface area contributed by atoms with Crippen LogP contribution in [0.5, 0.6) is 0 Å². The number of rotatable bonds is 1. The molecule has 130 valence electrons. The summed E-state index contributed by atoms with van der Waals surface area (Å²) in [5, 5.41) is 3.92. The lowest BCUT2D eigenvalue weighted by molar-refractivity contribution is -0.149. The second kappa shape index (κ2) is 4.12. The van der Waals surface area contributed by atoms with E-state index in [4.69, 9.17) is 4.74 Å². The molecule has 2 aliphatic carbocycles. The van der Waals surface area contributed by atoms with Gasteiger partial charge in [0.15, 0.2) is 0 Å². The number of carbonyl (C=O) groups excluding carboxylic acids is 1. The maximum Gasteiger partial charge on any atom is 0.311 e. The van der Waals surface area contributed by atoms with Crippen molar-refractivity contribution in [3.63, 3.8) is 0 Å². The molecule has 6 rings (SSSR count). The van der Waals surface area contributed by atoms with E-state index in [2.05, 4.69) is 53.6 Å². The highest BCUT2D eigenvalue weighted by Gasteiger charge is 2.85. The van der Waals surface area contributed by atoms with Gasteiger partial charge in [-0.25, -0.2) is 0 Å². The van der Waals surface area contributed by atoms with Crippen molar-refractivity contribution in [2.45, 2.75) is 36.8 Å². The Labute approximate surface area is 148 Å². The van der Waals surface area contributed by atoms with Crippen molar-refractivity contribution in [1.82, 2.24) is 4.90 Å². The van der Waals surface area contributed by atoms with Crippen molar-refractivity contribution in [1.29, 1.82) is 0 Å². The summed E-state index contributed by atoms with van der Waals surface area (Å²) in [5.41, 5.74) is 2.53. The van der Waals surface area contributed by atoms with Crippen molar-refractivity contribution in [3.05, 3.63) is 42.0 Å². The number of benzene rings is 1. The predicted molar refractivity (Wildman–Crippen MR) is 95.3 cm³/mol. The number of hydrogen-bond acceptors (Lipinski definition) is 4. The van der Waals surface area contributed by atoms with E-state index in [1.807, 2.05) is 0 Å². The summed E-state index contributed by atoms with van der Waals surface area (Å²) in [5.74, 6) is 0.277. The lowest BCUT2D eigenvalue weighted by Gasteiger charge is -2.50. The van der Waals surface area contributed by atoms with Gasteiger partial charge in [-0.2, -0.15) is 0 Å². The topological polar surface area (TPSA) is 41.6 Å². The van der Waals surface area contributed by atoms with Crippen LogP contribution in [0.3, 0.4) is 0 Å². The SMILES string of the molecule is COC(=O)[C@H]1C[C@]23C=CCN4CC[C@@]5(c6ccccc6N[C@]15[C@H]2C)[C@H]43. The number of methoxy groups -OCH3 is 1. The second-order valence-electron chi connectivity index (χ2n) is 8.67. The van der Waals surface area contributed by atoms with Crippen LogP contribution in [0.2, 0.25) is 0 Å². The molecule has 4 heteroatoms. The number of para-hydroxylation sites is 1. The fourth-order valence-electron chi connectivity index (χ4n) is 7.93. The highest BCUT2D eigenvalue weighted by Crippen LogP contribution is 2.78. The monoisotopic (exact) mass is 336 g/mol. The van der Waals surface area contributed by atoms with Gasteiger partial charge in [0.1, 0.15) is 0 Å². The van der Waals surface area contributed by atoms with Gasteiger partial charge in [0, 0.05) is 29.1 Å². The summed E-state index contributed by atoms with van der Waals surface area (Å²) in [4.78, 5) is 15.6. The maximum absolute atomic E-state index is 12.9. The average molecular weight is 336 g/mol. The number of fused-ring (bicyclic) bond motifs is 1. The molecule has 2 saturated carbocycles. The molecule has 3 heterocycles. The second-order valence-corrected chi connectivity index (χ2v) is 8.67. The molecule has 3 spiro atoms. The number of hydrogen-bond donors (Lipinski definition) is 1. The van der Waals surface area contributed by atoms with E-state index in [1.165, 1.54) is 18.4 Å². The smallest absolute Gasteiger partial charge is 0.311 e. The van der Waals surface area contributed by atoms with Gasteiger partial charge in [0.2, 0.25) is 0 Å². The van der Waals surface area contributed by atoms with Crippen molar-refractivity contribution in [3.8, 4) is 0 Å². The summed E-state index contributed by atoms with van der Waals surface area (Å²) in [6, 6.07) is 9.25. The fourth-order valence-corrected chi connectivity index (χ4v) is 7.93. The number of nitrogens with zero attached hydrogens (tertiary/aromatic N) is 1. The fraction of sp³-hybridized carbons (Fsp3) is 0.571. The number of anilines is 1. The zero-order valence-electron chi connectivity index (χ0n) is 14.8. The van der Waals surface area contributed by atoms with Gasteiger partial charge in [-0.05, 0) is 36.9 Å². The molecule has 1 N–H and O–H groups in total. The van der Waals surface area contributed by atoms with Gasteiger partial charge in [-0.3, -0.25) is 9.69 Å². The Kier molecular flexibility index (Phi) is 2.37. The molecular formula is C21H24N2O2. The van der Waals surface area contributed by atoms with Crippen LogP contribution < -0.4 is 5.32 Å². The normalized spacial score (nSPS) is 48.0. The Morgan fingerprint density at radius 2 is 2.20 bits per heavy atom. The lowest BCUT2D eigenvalue weighted by Crippen LogP contribution is -2.63. The van der Waals surface area contributed by atoms with Gasteiger partial charge < -0.3 is 10.1 Å². The summed E-state index contributed by atoms with van der Waals surface area (Å²) >= 11 is 0. The molecular weight excluding hydrogens is 312 g/mol. The van der Waals surface area contributed by atoms with Crippen molar-refractivity contribution < 1.29 is 9.53 Å². The number of esters is 1. The highest BCUT2D eigenvalue weighted by molar-refractivity contribution is 5.82. The lowest BCUT2D eigenvalue weighted by atomic mass is 9.57. The Hall–Kier alpha value is -1.81. The van der Waals surface area contributed by atoms with Crippen molar-refractivity contribution in [2.24, 2.45) is 17.3 Å². The van der Waals surface area contributed by atoms with Crippen LogP contribution in [0.1, 0.15) is 25.3 Å². The summed E-state index contributed by atoms with van der Waals surface area (Å²) in [7, 11) is 1.54. The van der Waals surface area contributed by atoms with E-state index in [0.717, 1.165) is 25.9 Å². The third kappa shape index (κ3) is 1.19. The molecule has 0 aromatic heterocycles. The van der Waals surface area contributed by atoms with Crippen LogP contribution in [0, 0.1) is 17.3 Å². The maximum atomic E-state index is 12.9. The van der Waals surface area contributed by atoms with E-state index in [1.54, 1.807) is 0 Å². The molecule has 3 aliphatic heterocycles. The quantitative estimate of drug-likeness (QED) is 0.632. The Morgan fingerprint density at radius 1 is 1.36 bits per heavy atom. The van der Waals surface area contributed by atoms with Crippen molar-refractivity contribution in [2.75, 3.05) is 25.5 Å². The summed E-state index contributed by atoms with van der Waals surface area (Å²) in [6.45, 7) is 4.53. The molecule has 1 saturated heterocycles. The molecule has 6 atom stereocenters. The molecule has 1 aromatic rings. The minimum Gasteiger partial charge on any atom is -0.469 e. The van der Waals surface area contributed by atoms with E-state index < -0.39 is 0 Å². The van der Waals surface area contributed by atoms with Gasteiger partial charge in [-0.1, -0.05) is 37.3 Å². The zero-order chi connectivity index (χ0) is 17.0. The Bertz CT molecular complexity index is 835. The average Bonchev–Trinajstić information content (AvgIpc) is 3.29. The first-order chi connectivity index (χ1) is 12.1. The standard InChI is InChI=1S/C21H24N2O2/c1-13-19-8-5-10-23-11-9-20(18(19)23)14-6-3-4-7-16(14)22-21(13,20)15(12-19)17(24)25-2/h3-8,13,15,18,22H,9-12H2,1-2H3/t13-,15+,18+,19+,20+,21+/m0/s1. The number of nitrogens with one attached hydrogen (secondary N) is 1.